The Labute approximate surface area is 152 Å². The van der Waals surface area contributed by atoms with E-state index in [4.69, 9.17) is 0 Å². The van der Waals surface area contributed by atoms with Crippen LogP contribution in [0.4, 0.5) is 20.2 Å². The number of aromatic nitrogens is 4. The van der Waals surface area contributed by atoms with Crippen LogP contribution in [-0.2, 0) is 6.54 Å². The molecule has 10 heteroatoms. The summed E-state index contributed by atoms with van der Waals surface area (Å²) in [5.41, 5.74) is 0.305. The molecule has 8 nitrogen and oxygen atoms in total. The molecule has 0 radical (unpaired) electrons. The number of rotatable bonds is 6. The molecule has 0 bridgehead atoms. The Bertz CT molecular complexity index is 952. The van der Waals surface area contributed by atoms with Gasteiger partial charge in [-0.15, -0.1) is 0 Å². The van der Waals surface area contributed by atoms with Gasteiger partial charge in [0.25, 0.3) is 11.8 Å². The van der Waals surface area contributed by atoms with Crippen LogP contribution < -0.4 is 10.6 Å². The number of para-hydroxylation sites is 1. The lowest BCUT2D eigenvalue weighted by atomic mass is 10.3. The van der Waals surface area contributed by atoms with Gasteiger partial charge in [0.05, 0.1) is 5.69 Å². The van der Waals surface area contributed by atoms with E-state index in [1.54, 1.807) is 30.3 Å². The summed E-state index contributed by atoms with van der Waals surface area (Å²) in [6.07, 6.45) is 2.56. The van der Waals surface area contributed by atoms with E-state index in [0.29, 0.717) is 16.9 Å². The molecule has 0 aliphatic carbocycles. The number of benzene rings is 1. The van der Waals surface area contributed by atoms with Crippen LogP contribution in [0.5, 0.6) is 0 Å². The molecule has 0 aliphatic heterocycles. The summed E-state index contributed by atoms with van der Waals surface area (Å²) in [7, 11) is 0. The Morgan fingerprint density at radius 2 is 1.85 bits per heavy atom. The topological polar surface area (TPSA) is 93.8 Å². The number of alkyl halides is 2. The standard InChI is InChI=1S/C17H16F2N6O2/c1-2-24-10-12(22-15(26)13-8-9-20-25(13)17(18)19)14(23-24)16(27)21-11-6-4-3-5-7-11/h3-10,17H,2H2,1H3,(H,21,27)(H,22,26). The quantitative estimate of drug-likeness (QED) is 0.694. The largest absolute Gasteiger partial charge is 0.333 e. The van der Waals surface area contributed by atoms with Gasteiger partial charge in [-0.1, -0.05) is 18.2 Å². The van der Waals surface area contributed by atoms with Gasteiger partial charge in [0.15, 0.2) is 5.69 Å². The Morgan fingerprint density at radius 3 is 2.52 bits per heavy atom. The van der Waals surface area contributed by atoms with E-state index >= 15 is 0 Å². The molecule has 2 aromatic heterocycles. The second kappa shape index (κ2) is 7.77. The van der Waals surface area contributed by atoms with Crippen molar-refractivity contribution in [1.82, 2.24) is 19.6 Å². The Kier molecular flexibility index (Phi) is 5.25. The molecule has 0 atom stereocenters. The summed E-state index contributed by atoms with van der Waals surface area (Å²) in [5, 5.41) is 12.7. The molecule has 0 spiro atoms. The van der Waals surface area contributed by atoms with E-state index in [9.17, 15) is 18.4 Å². The van der Waals surface area contributed by atoms with E-state index < -0.39 is 18.4 Å². The fraction of sp³-hybridized carbons (Fsp3) is 0.176. The molecular formula is C17H16F2N6O2. The molecule has 3 aromatic rings. The maximum absolute atomic E-state index is 12.9. The van der Waals surface area contributed by atoms with Crippen molar-refractivity contribution < 1.29 is 18.4 Å². The lowest BCUT2D eigenvalue weighted by molar-refractivity contribution is 0.0520. The number of nitrogens with zero attached hydrogens (tertiary/aromatic N) is 4. The fourth-order valence-electron chi connectivity index (χ4n) is 2.39. The Morgan fingerprint density at radius 1 is 1.11 bits per heavy atom. The van der Waals surface area contributed by atoms with Gasteiger partial charge in [0.1, 0.15) is 5.69 Å². The van der Waals surface area contributed by atoms with Gasteiger partial charge in [-0.3, -0.25) is 14.3 Å². The van der Waals surface area contributed by atoms with Crippen molar-refractivity contribution in [2.75, 3.05) is 10.6 Å². The lowest BCUT2D eigenvalue weighted by Crippen LogP contribution is -2.20. The molecule has 3 rings (SSSR count). The SMILES string of the molecule is CCn1cc(NC(=O)c2ccnn2C(F)F)c(C(=O)Nc2ccccc2)n1. The minimum absolute atomic E-state index is 0.0304. The number of carbonyl (C=O) groups excluding carboxylic acids is 2. The van der Waals surface area contributed by atoms with E-state index in [-0.39, 0.29) is 17.1 Å². The number of hydrogen-bond acceptors (Lipinski definition) is 4. The normalized spacial score (nSPS) is 10.8. The van der Waals surface area contributed by atoms with E-state index in [1.807, 2.05) is 6.92 Å². The van der Waals surface area contributed by atoms with Gasteiger partial charge < -0.3 is 10.6 Å². The van der Waals surface area contributed by atoms with Gasteiger partial charge in [-0.2, -0.15) is 23.7 Å². The van der Waals surface area contributed by atoms with Crippen LogP contribution >= 0.6 is 0 Å². The summed E-state index contributed by atoms with van der Waals surface area (Å²) in [6.45, 7) is -0.695. The van der Waals surface area contributed by atoms with Crippen LogP contribution in [-0.4, -0.2) is 31.4 Å². The first-order chi connectivity index (χ1) is 13.0. The summed E-state index contributed by atoms with van der Waals surface area (Å²) in [5.74, 6) is -1.36. The van der Waals surface area contributed by atoms with Crippen molar-refractivity contribution in [1.29, 1.82) is 0 Å². The zero-order valence-electron chi connectivity index (χ0n) is 14.3. The number of aryl methyl sites for hydroxylation is 1. The summed E-state index contributed by atoms with van der Waals surface area (Å²) in [4.78, 5) is 24.9. The number of nitrogens with one attached hydrogen (secondary N) is 2. The maximum Gasteiger partial charge on any atom is 0.333 e. The zero-order chi connectivity index (χ0) is 19.4. The first kappa shape index (κ1) is 18.2. The molecule has 1 aromatic carbocycles. The third kappa shape index (κ3) is 4.00. The van der Waals surface area contributed by atoms with E-state index in [1.165, 1.54) is 10.9 Å². The highest BCUT2D eigenvalue weighted by Gasteiger charge is 2.22. The molecule has 0 saturated carbocycles. The van der Waals surface area contributed by atoms with Crippen molar-refractivity contribution in [2.24, 2.45) is 0 Å². The average Bonchev–Trinajstić information content (AvgIpc) is 3.29. The first-order valence-corrected chi connectivity index (χ1v) is 8.06. The molecule has 0 unspecified atom stereocenters. The van der Waals surface area contributed by atoms with Crippen molar-refractivity contribution in [3.05, 3.63) is 60.2 Å². The number of halogens is 2. The number of anilines is 2. The molecule has 2 N–H and O–H groups in total. The second-order valence-corrected chi connectivity index (χ2v) is 5.46. The summed E-state index contributed by atoms with van der Waals surface area (Å²) in [6, 6.07) is 9.89. The lowest BCUT2D eigenvalue weighted by Gasteiger charge is -2.08. The van der Waals surface area contributed by atoms with Gasteiger partial charge in [-0.05, 0) is 25.1 Å². The van der Waals surface area contributed by atoms with Gasteiger partial charge in [0, 0.05) is 24.6 Å². The highest BCUT2D eigenvalue weighted by molar-refractivity contribution is 6.11. The minimum Gasteiger partial charge on any atom is -0.321 e. The van der Waals surface area contributed by atoms with Crippen LogP contribution in [0, 0.1) is 0 Å². The van der Waals surface area contributed by atoms with E-state index in [0.717, 1.165) is 12.3 Å². The number of hydrogen-bond donors (Lipinski definition) is 2. The Balaban J connectivity index is 1.85. The Hall–Kier alpha value is -3.56. The molecule has 2 amide bonds. The third-order valence-electron chi connectivity index (χ3n) is 3.67. The molecule has 27 heavy (non-hydrogen) atoms. The van der Waals surface area contributed by atoms with Crippen molar-refractivity contribution in [3.8, 4) is 0 Å². The average molecular weight is 374 g/mol. The van der Waals surface area contributed by atoms with Crippen molar-refractivity contribution in [2.45, 2.75) is 20.0 Å². The number of carbonyl (C=O) groups is 2. The van der Waals surface area contributed by atoms with Crippen LogP contribution in [0.3, 0.4) is 0 Å². The molecule has 2 heterocycles. The predicted octanol–water partition coefficient (Wildman–Crippen LogP) is 3.00. The van der Waals surface area contributed by atoms with Crippen LogP contribution in [0.2, 0.25) is 0 Å². The molecule has 0 fully saturated rings. The molecule has 140 valence electrons. The van der Waals surface area contributed by atoms with Gasteiger partial charge >= 0.3 is 6.55 Å². The molecule has 0 saturated heterocycles. The second-order valence-electron chi connectivity index (χ2n) is 5.46. The highest BCUT2D eigenvalue weighted by Crippen LogP contribution is 2.19. The fourth-order valence-corrected chi connectivity index (χ4v) is 2.39. The van der Waals surface area contributed by atoms with Crippen LogP contribution in [0.1, 0.15) is 34.5 Å². The van der Waals surface area contributed by atoms with Crippen LogP contribution in [0.15, 0.2) is 48.8 Å². The van der Waals surface area contributed by atoms with Crippen molar-refractivity contribution in [3.63, 3.8) is 0 Å². The smallest absolute Gasteiger partial charge is 0.321 e. The first-order valence-electron chi connectivity index (χ1n) is 8.06. The predicted molar refractivity (Wildman–Crippen MR) is 93.7 cm³/mol. The zero-order valence-corrected chi connectivity index (χ0v) is 14.3. The van der Waals surface area contributed by atoms with Gasteiger partial charge in [-0.25, -0.2) is 0 Å². The van der Waals surface area contributed by atoms with Crippen LogP contribution in [0.25, 0.3) is 0 Å². The minimum atomic E-state index is -2.96. The monoisotopic (exact) mass is 374 g/mol. The summed E-state index contributed by atoms with van der Waals surface area (Å²) >= 11 is 0. The summed E-state index contributed by atoms with van der Waals surface area (Å²) < 4.78 is 27.6. The third-order valence-corrected chi connectivity index (χ3v) is 3.67. The molecular weight excluding hydrogens is 358 g/mol. The molecule has 0 aliphatic rings. The number of amides is 2. The van der Waals surface area contributed by atoms with Crippen molar-refractivity contribution >= 4 is 23.2 Å². The maximum atomic E-state index is 12.9. The van der Waals surface area contributed by atoms with Gasteiger partial charge in [0.2, 0.25) is 0 Å². The van der Waals surface area contributed by atoms with E-state index in [2.05, 4.69) is 20.8 Å². The highest BCUT2D eigenvalue weighted by atomic mass is 19.3.